The lowest BCUT2D eigenvalue weighted by atomic mass is 10.3. The molecule has 0 saturated heterocycles. The molecule has 1 heterocycles. The molecule has 1 aromatic heterocycles. The summed E-state index contributed by atoms with van der Waals surface area (Å²) in [5.74, 6) is -0.220. The van der Waals surface area contributed by atoms with Crippen molar-refractivity contribution in [3.8, 4) is 0 Å². The molecule has 0 saturated carbocycles. The van der Waals surface area contributed by atoms with E-state index in [2.05, 4.69) is 10.3 Å². The Morgan fingerprint density at radius 3 is 2.82 bits per heavy atom. The molecule has 1 amide bonds. The van der Waals surface area contributed by atoms with Gasteiger partial charge in [-0.1, -0.05) is 12.1 Å². The Balaban J connectivity index is 2.03. The highest BCUT2D eigenvalue weighted by Crippen LogP contribution is 2.21. The van der Waals surface area contributed by atoms with Crippen LogP contribution < -0.4 is 5.32 Å². The zero-order valence-electron chi connectivity index (χ0n) is 9.40. The predicted octanol–water partition coefficient (Wildman–Crippen LogP) is 1.54. The Labute approximate surface area is 103 Å². The third-order valence-electron chi connectivity index (χ3n) is 2.18. The number of hydrogen-bond donors (Lipinski definition) is 1. The lowest BCUT2D eigenvalue weighted by Crippen LogP contribution is -2.29. The number of carbonyl (C=O) groups excluding carboxylic acids is 2. The van der Waals surface area contributed by atoms with Crippen molar-refractivity contribution < 1.29 is 9.59 Å². The van der Waals surface area contributed by atoms with Crippen LogP contribution in [0.25, 0.3) is 10.2 Å². The average molecular weight is 248 g/mol. The predicted molar refractivity (Wildman–Crippen MR) is 67.0 cm³/mol. The molecule has 17 heavy (non-hydrogen) atoms. The molecule has 2 aromatic rings. The third kappa shape index (κ3) is 3.10. The van der Waals surface area contributed by atoms with E-state index in [0.29, 0.717) is 0 Å². The summed E-state index contributed by atoms with van der Waals surface area (Å²) in [7, 11) is 0. The molecule has 1 N–H and O–H groups in total. The molecule has 5 heteroatoms. The maximum Gasteiger partial charge on any atom is 0.227 e. The molecular weight excluding hydrogens is 236 g/mol. The lowest BCUT2D eigenvalue weighted by molar-refractivity contribution is -0.124. The van der Waals surface area contributed by atoms with E-state index in [1.807, 2.05) is 24.3 Å². The molecule has 0 spiro atoms. The number of benzene rings is 1. The summed E-state index contributed by atoms with van der Waals surface area (Å²) in [6.07, 6.45) is 0.229. The summed E-state index contributed by atoms with van der Waals surface area (Å²) in [5, 5.41) is 3.32. The Kier molecular flexibility index (Phi) is 3.49. The number of hydrogen-bond acceptors (Lipinski definition) is 4. The van der Waals surface area contributed by atoms with Gasteiger partial charge in [0.1, 0.15) is 10.8 Å². The zero-order valence-corrected chi connectivity index (χ0v) is 10.2. The normalized spacial score (nSPS) is 10.4. The van der Waals surface area contributed by atoms with E-state index >= 15 is 0 Å². The van der Waals surface area contributed by atoms with Gasteiger partial charge in [0.15, 0.2) is 0 Å². The van der Waals surface area contributed by atoms with Gasteiger partial charge < -0.3 is 5.32 Å². The molecule has 0 radical (unpaired) electrons. The minimum Gasteiger partial charge on any atom is -0.349 e. The number of fused-ring (bicyclic) bond motifs is 1. The van der Waals surface area contributed by atoms with Crippen molar-refractivity contribution in [2.24, 2.45) is 0 Å². The van der Waals surface area contributed by atoms with Crippen molar-refractivity contribution in [2.75, 3.05) is 6.54 Å². The molecule has 0 aliphatic rings. The van der Waals surface area contributed by atoms with Crippen LogP contribution in [0.1, 0.15) is 11.9 Å². The summed E-state index contributed by atoms with van der Waals surface area (Å²) in [4.78, 5) is 26.6. The number of amides is 1. The molecule has 0 unspecified atom stereocenters. The van der Waals surface area contributed by atoms with Crippen molar-refractivity contribution in [1.29, 1.82) is 0 Å². The van der Waals surface area contributed by atoms with Crippen LogP contribution in [-0.4, -0.2) is 23.2 Å². The molecule has 88 valence electrons. The Morgan fingerprint density at radius 1 is 1.35 bits per heavy atom. The van der Waals surface area contributed by atoms with Gasteiger partial charge in [-0.15, -0.1) is 11.3 Å². The maximum atomic E-state index is 11.5. The molecule has 4 nitrogen and oxygen atoms in total. The van der Waals surface area contributed by atoms with Crippen LogP contribution in [-0.2, 0) is 16.0 Å². The molecule has 0 aliphatic heterocycles. The Bertz CT molecular complexity index is 529. The van der Waals surface area contributed by atoms with Gasteiger partial charge in [-0.3, -0.25) is 9.59 Å². The van der Waals surface area contributed by atoms with Crippen molar-refractivity contribution in [3.05, 3.63) is 29.3 Å². The fourth-order valence-electron chi connectivity index (χ4n) is 1.42. The van der Waals surface area contributed by atoms with Crippen LogP contribution in [0.5, 0.6) is 0 Å². The third-order valence-corrected chi connectivity index (χ3v) is 3.22. The summed E-state index contributed by atoms with van der Waals surface area (Å²) in [6.45, 7) is 1.53. The van der Waals surface area contributed by atoms with E-state index in [0.717, 1.165) is 15.2 Å². The minimum atomic E-state index is -0.167. The lowest BCUT2D eigenvalue weighted by Gasteiger charge is -1.99. The first-order valence-corrected chi connectivity index (χ1v) is 6.07. The fraction of sp³-hybridized carbons (Fsp3) is 0.250. The number of carbonyl (C=O) groups is 2. The first kappa shape index (κ1) is 11.7. The number of aromatic nitrogens is 1. The van der Waals surface area contributed by atoms with E-state index in [1.165, 1.54) is 18.3 Å². The molecule has 1 aromatic carbocycles. The highest BCUT2D eigenvalue weighted by atomic mass is 32.1. The van der Waals surface area contributed by atoms with Gasteiger partial charge in [0.2, 0.25) is 5.91 Å². The largest absolute Gasteiger partial charge is 0.349 e. The number of ketones is 1. The van der Waals surface area contributed by atoms with Crippen LogP contribution in [0, 0.1) is 0 Å². The van der Waals surface area contributed by atoms with Crippen LogP contribution in [0.15, 0.2) is 24.3 Å². The SMILES string of the molecule is CC(=O)CNC(=O)Cc1nc2ccccc2s1. The quantitative estimate of drug-likeness (QED) is 0.893. The Morgan fingerprint density at radius 2 is 2.12 bits per heavy atom. The monoisotopic (exact) mass is 248 g/mol. The summed E-state index contributed by atoms with van der Waals surface area (Å²) < 4.78 is 1.07. The van der Waals surface area contributed by atoms with Crippen molar-refractivity contribution >= 4 is 33.2 Å². The molecule has 0 aliphatic carbocycles. The second kappa shape index (κ2) is 5.05. The van der Waals surface area contributed by atoms with Gasteiger partial charge in [-0.05, 0) is 19.1 Å². The molecular formula is C12H12N2O2S. The average Bonchev–Trinajstić information content (AvgIpc) is 2.68. The molecule has 2 rings (SSSR count). The first-order valence-electron chi connectivity index (χ1n) is 5.26. The van der Waals surface area contributed by atoms with Crippen molar-refractivity contribution in [2.45, 2.75) is 13.3 Å². The number of rotatable bonds is 4. The van der Waals surface area contributed by atoms with E-state index in [9.17, 15) is 9.59 Å². The number of Topliss-reactive ketones (excluding diaryl/α,β-unsaturated/α-hetero) is 1. The zero-order chi connectivity index (χ0) is 12.3. The summed E-state index contributed by atoms with van der Waals surface area (Å²) in [6, 6.07) is 7.76. The number of nitrogens with zero attached hydrogens (tertiary/aromatic N) is 1. The van der Waals surface area contributed by atoms with E-state index < -0.39 is 0 Å². The van der Waals surface area contributed by atoms with Crippen LogP contribution in [0.3, 0.4) is 0 Å². The van der Waals surface area contributed by atoms with Crippen molar-refractivity contribution in [3.63, 3.8) is 0 Å². The van der Waals surface area contributed by atoms with Gasteiger partial charge in [0.05, 0.1) is 23.2 Å². The summed E-state index contributed by atoms with van der Waals surface area (Å²) in [5.41, 5.74) is 0.909. The van der Waals surface area contributed by atoms with Gasteiger partial charge in [-0.2, -0.15) is 0 Å². The van der Waals surface area contributed by atoms with E-state index in [1.54, 1.807) is 0 Å². The first-order chi connectivity index (χ1) is 8.15. The fourth-order valence-corrected chi connectivity index (χ4v) is 2.38. The van der Waals surface area contributed by atoms with Crippen LogP contribution in [0.4, 0.5) is 0 Å². The van der Waals surface area contributed by atoms with Crippen molar-refractivity contribution in [1.82, 2.24) is 10.3 Å². The number of thiazole rings is 1. The summed E-state index contributed by atoms with van der Waals surface area (Å²) >= 11 is 1.50. The Hall–Kier alpha value is -1.75. The van der Waals surface area contributed by atoms with Crippen LogP contribution in [0.2, 0.25) is 0 Å². The van der Waals surface area contributed by atoms with Crippen LogP contribution >= 0.6 is 11.3 Å². The van der Waals surface area contributed by atoms with Gasteiger partial charge in [0, 0.05) is 0 Å². The highest BCUT2D eigenvalue weighted by Gasteiger charge is 2.08. The van der Waals surface area contributed by atoms with E-state index in [4.69, 9.17) is 0 Å². The maximum absolute atomic E-state index is 11.5. The molecule has 0 fully saturated rings. The highest BCUT2D eigenvalue weighted by molar-refractivity contribution is 7.18. The molecule has 0 bridgehead atoms. The van der Waals surface area contributed by atoms with Gasteiger partial charge in [0.25, 0.3) is 0 Å². The number of nitrogens with one attached hydrogen (secondary N) is 1. The second-order valence-corrected chi connectivity index (χ2v) is 4.85. The van der Waals surface area contributed by atoms with Gasteiger partial charge in [-0.25, -0.2) is 4.98 Å². The smallest absolute Gasteiger partial charge is 0.227 e. The standard InChI is InChI=1S/C12H12N2O2S/c1-8(15)7-13-11(16)6-12-14-9-4-2-3-5-10(9)17-12/h2-5H,6-7H2,1H3,(H,13,16). The van der Waals surface area contributed by atoms with Gasteiger partial charge >= 0.3 is 0 Å². The topological polar surface area (TPSA) is 59.1 Å². The second-order valence-electron chi connectivity index (χ2n) is 3.73. The number of para-hydroxylation sites is 1. The molecule has 0 atom stereocenters. The van der Waals surface area contributed by atoms with E-state index in [-0.39, 0.29) is 24.7 Å². The minimum absolute atomic E-state index is 0.0531.